The Morgan fingerprint density at radius 1 is 1.00 bits per heavy atom. The standard InChI is InChI=1S/C30H38FN3O2/c1-19-15-22(20(2)34(19)24-12-10-23(31)11-13-24)18-32-33-27(35)14-9-21-16-25(29(3,4)5)28(36)26(17-21)30(6,7)8/h10-13,15-18,36H,9,14H2,1-8H3,(H,33,35). The molecule has 0 spiro atoms. The Labute approximate surface area is 214 Å². The number of benzene rings is 2. The molecule has 3 aromatic rings. The zero-order valence-corrected chi connectivity index (χ0v) is 22.7. The number of carbonyl (C=O) groups is 1. The molecule has 3 rings (SSSR count). The number of hydrogen-bond donors (Lipinski definition) is 2. The fourth-order valence-corrected chi connectivity index (χ4v) is 4.38. The molecule has 1 heterocycles. The van der Waals surface area contributed by atoms with Gasteiger partial charge in [-0.2, -0.15) is 5.10 Å². The van der Waals surface area contributed by atoms with E-state index in [1.807, 2.05) is 36.6 Å². The number of phenols is 1. The molecule has 192 valence electrons. The Morgan fingerprint density at radius 3 is 2.08 bits per heavy atom. The van der Waals surface area contributed by atoms with Crippen molar-refractivity contribution in [3.8, 4) is 11.4 Å². The summed E-state index contributed by atoms with van der Waals surface area (Å²) in [6.07, 6.45) is 2.47. The third kappa shape index (κ3) is 6.23. The predicted octanol–water partition coefficient (Wildman–Crippen LogP) is 6.62. The number of rotatable bonds is 6. The number of amides is 1. The molecule has 0 atom stereocenters. The Kier molecular flexibility index (Phi) is 7.77. The van der Waals surface area contributed by atoms with E-state index in [0.29, 0.717) is 12.2 Å². The topological polar surface area (TPSA) is 66.6 Å². The second-order valence-electron chi connectivity index (χ2n) is 11.5. The van der Waals surface area contributed by atoms with Crippen molar-refractivity contribution in [3.63, 3.8) is 0 Å². The monoisotopic (exact) mass is 491 g/mol. The maximum absolute atomic E-state index is 13.3. The molecule has 2 aromatic carbocycles. The van der Waals surface area contributed by atoms with Gasteiger partial charge in [-0.3, -0.25) is 4.79 Å². The average Bonchev–Trinajstić information content (AvgIpc) is 3.05. The number of nitrogens with zero attached hydrogens (tertiary/aromatic N) is 2. The van der Waals surface area contributed by atoms with Crippen LogP contribution in [0.3, 0.4) is 0 Å². The van der Waals surface area contributed by atoms with Gasteiger partial charge in [-0.05, 0) is 78.1 Å². The molecule has 1 amide bonds. The summed E-state index contributed by atoms with van der Waals surface area (Å²) in [4.78, 5) is 12.5. The zero-order valence-electron chi connectivity index (χ0n) is 22.7. The molecule has 5 nitrogen and oxygen atoms in total. The number of aromatic hydroxyl groups is 1. The lowest BCUT2D eigenvalue weighted by atomic mass is 9.78. The first kappa shape index (κ1) is 27.2. The third-order valence-electron chi connectivity index (χ3n) is 6.37. The number of hydrogen-bond acceptors (Lipinski definition) is 3. The molecule has 0 aliphatic rings. The number of nitrogens with one attached hydrogen (secondary N) is 1. The Balaban J connectivity index is 1.70. The molecule has 6 heteroatoms. The van der Waals surface area contributed by atoms with Crippen LogP contribution in [0.1, 0.15) is 81.6 Å². The highest BCUT2D eigenvalue weighted by Gasteiger charge is 2.26. The van der Waals surface area contributed by atoms with Gasteiger partial charge >= 0.3 is 0 Å². The van der Waals surface area contributed by atoms with Gasteiger partial charge in [0.1, 0.15) is 11.6 Å². The molecule has 0 radical (unpaired) electrons. The van der Waals surface area contributed by atoms with Crippen LogP contribution in [0, 0.1) is 19.7 Å². The van der Waals surface area contributed by atoms with Crippen molar-refractivity contribution in [2.24, 2.45) is 5.10 Å². The van der Waals surface area contributed by atoms with Crippen LogP contribution < -0.4 is 5.43 Å². The normalized spacial score (nSPS) is 12.4. The summed E-state index contributed by atoms with van der Waals surface area (Å²) < 4.78 is 15.3. The molecule has 0 aliphatic heterocycles. The average molecular weight is 492 g/mol. The summed E-state index contributed by atoms with van der Waals surface area (Å²) >= 11 is 0. The summed E-state index contributed by atoms with van der Waals surface area (Å²) in [5.41, 5.74) is 8.68. The minimum absolute atomic E-state index is 0.179. The second-order valence-corrected chi connectivity index (χ2v) is 11.5. The van der Waals surface area contributed by atoms with Crippen LogP contribution in [0.15, 0.2) is 47.6 Å². The van der Waals surface area contributed by atoms with Crippen molar-refractivity contribution in [3.05, 3.63) is 81.9 Å². The number of phenolic OH excluding ortho intramolecular Hbond substituents is 1. The van der Waals surface area contributed by atoms with Crippen molar-refractivity contribution in [2.45, 2.75) is 79.1 Å². The van der Waals surface area contributed by atoms with Crippen LogP contribution in [-0.2, 0) is 22.0 Å². The molecule has 36 heavy (non-hydrogen) atoms. The predicted molar refractivity (Wildman–Crippen MR) is 145 cm³/mol. The Hall–Kier alpha value is -3.41. The Bertz CT molecular complexity index is 1240. The molecular formula is C30H38FN3O2. The first-order chi connectivity index (χ1) is 16.7. The van der Waals surface area contributed by atoms with Crippen molar-refractivity contribution in [1.82, 2.24) is 9.99 Å². The molecule has 0 aliphatic carbocycles. The van der Waals surface area contributed by atoms with E-state index < -0.39 is 0 Å². The number of halogens is 1. The van der Waals surface area contributed by atoms with Crippen LogP contribution in [0.2, 0.25) is 0 Å². The van der Waals surface area contributed by atoms with E-state index in [4.69, 9.17) is 0 Å². The van der Waals surface area contributed by atoms with Gasteiger partial charge in [-0.25, -0.2) is 9.82 Å². The maximum atomic E-state index is 13.3. The van der Waals surface area contributed by atoms with Crippen molar-refractivity contribution >= 4 is 12.1 Å². The molecule has 0 saturated heterocycles. The van der Waals surface area contributed by atoms with E-state index in [9.17, 15) is 14.3 Å². The highest BCUT2D eigenvalue weighted by Crippen LogP contribution is 2.40. The fraction of sp³-hybridized carbons (Fsp3) is 0.400. The lowest BCUT2D eigenvalue weighted by Crippen LogP contribution is -2.20. The Morgan fingerprint density at radius 2 is 1.56 bits per heavy atom. The smallest absolute Gasteiger partial charge is 0.240 e. The van der Waals surface area contributed by atoms with E-state index in [0.717, 1.165) is 39.3 Å². The van der Waals surface area contributed by atoms with Crippen LogP contribution in [0.4, 0.5) is 4.39 Å². The fourth-order valence-electron chi connectivity index (χ4n) is 4.38. The number of aromatic nitrogens is 1. The minimum atomic E-state index is -0.276. The minimum Gasteiger partial charge on any atom is -0.507 e. The first-order valence-corrected chi connectivity index (χ1v) is 12.3. The summed E-state index contributed by atoms with van der Waals surface area (Å²) in [6.45, 7) is 16.4. The van der Waals surface area contributed by atoms with Gasteiger partial charge in [0.05, 0.1) is 6.21 Å². The van der Waals surface area contributed by atoms with Crippen molar-refractivity contribution in [1.29, 1.82) is 0 Å². The van der Waals surface area contributed by atoms with E-state index in [-0.39, 0.29) is 29.0 Å². The molecular weight excluding hydrogens is 453 g/mol. The van der Waals surface area contributed by atoms with Crippen molar-refractivity contribution < 1.29 is 14.3 Å². The summed E-state index contributed by atoms with van der Waals surface area (Å²) in [6, 6.07) is 12.3. The molecule has 0 unspecified atom stereocenters. The highest BCUT2D eigenvalue weighted by molar-refractivity contribution is 5.84. The van der Waals surface area contributed by atoms with Gasteiger partial charge < -0.3 is 9.67 Å². The summed E-state index contributed by atoms with van der Waals surface area (Å²) in [5.74, 6) is -0.116. The summed E-state index contributed by atoms with van der Waals surface area (Å²) in [7, 11) is 0. The molecule has 0 fully saturated rings. The lowest BCUT2D eigenvalue weighted by Gasteiger charge is -2.28. The lowest BCUT2D eigenvalue weighted by molar-refractivity contribution is -0.121. The number of aryl methyl sites for hydroxylation is 2. The van der Waals surface area contributed by atoms with Crippen LogP contribution in [0.25, 0.3) is 5.69 Å². The van der Waals surface area contributed by atoms with Gasteiger partial charge in [-0.1, -0.05) is 53.7 Å². The zero-order chi connectivity index (χ0) is 26.8. The van der Waals surface area contributed by atoms with Gasteiger partial charge in [0.2, 0.25) is 5.91 Å². The number of hydrazone groups is 1. The van der Waals surface area contributed by atoms with Gasteiger partial charge in [0, 0.05) is 29.1 Å². The van der Waals surface area contributed by atoms with E-state index in [2.05, 4.69) is 52.1 Å². The second kappa shape index (κ2) is 10.3. The maximum Gasteiger partial charge on any atom is 0.240 e. The van der Waals surface area contributed by atoms with Crippen LogP contribution in [-0.4, -0.2) is 21.8 Å². The number of carbonyl (C=O) groups excluding carboxylic acids is 1. The first-order valence-electron chi connectivity index (χ1n) is 12.3. The SMILES string of the molecule is Cc1cc(C=NNC(=O)CCc2cc(C(C)(C)C)c(O)c(C(C)(C)C)c2)c(C)n1-c1ccc(F)cc1. The van der Waals surface area contributed by atoms with E-state index >= 15 is 0 Å². The van der Waals surface area contributed by atoms with Crippen molar-refractivity contribution in [2.75, 3.05) is 0 Å². The third-order valence-corrected chi connectivity index (χ3v) is 6.37. The van der Waals surface area contributed by atoms with E-state index in [1.54, 1.807) is 18.3 Å². The van der Waals surface area contributed by atoms with Gasteiger partial charge in [0.15, 0.2) is 0 Å². The van der Waals surface area contributed by atoms with Crippen LogP contribution in [0.5, 0.6) is 5.75 Å². The molecule has 0 bridgehead atoms. The largest absolute Gasteiger partial charge is 0.507 e. The van der Waals surface area contributed by atoms with Gasteiger partial charge in [-0.15, -0.1) is 0 Å². The van der Waals surface area contributed by atoms with E-state index in [1.165, 1.54) is 12.1 Å². The van der Waals surface area contributed by atoms with Crippen LogP contribution >= 0.6 is 0 Å². The molecule has 0 saturated carbocycles. The van der Waals surface area contributed by atoms with Gasteiger partial charge in [0.25, 0.3) is 0 Å². The molecule has 2 N–H and O–H groups in total. The quantitative estimate of drug-likeness (QED) is 0.301. The molecule has 1 aromatic heterocycles. The summed E-state index contributed by atoms with van der Waals surface area (Å²) in [5, 5.41) is 15.1. The highest BCUT2D eigenvalue weighted by atomic mass is 19.1.